The summed E-state index contributed by atoms with van der Waals surface area (Å²) in [5, 5.41) is 0. The van der Waals surface area contributed by atoms with Gasteiger partial charge < -0.3 is 4.90 Å². The lowest BCUT2D eigenvalue weighted by Crippen LogP contribution is -2.38. The summed E-state index contributed by atoms with van der Waals surface area (Å²) in [6.45, 7) is 0. The molecular weight excluding hydrogens is 276 g/mol. The number of hydrogen-bond donors (Lipinski definition) is 0. The molecule has 0 saturated carbocycles. The molecule has 0 aliphatic carbocycles. The summed E-state index contributed by atoms with van der Waals surface area (Å²) >= 11 is 0. The van der Waals surface area contributed by atoms with Crippen LogP contribution in [0.15, 0.2) is 18.2 Å². The van der Waals surface area contributed by atoms with Crippen molar-refractivity contribution in [2.75, 3.05) is 18.6 Å². The smallest absolute Gasteiger partial charge is 0.256 e. The van der Waals surface area contributed by atoms with Crippen molar-refractivity contribution < 1.29 is 22.0 Å². The minimum absolute atomic E-state index is 0.0148. The van der Waals surface area contributed by atoms with E-state index in [1.165, 1.54) is 11.9 Å². The zero-order valence-electron chi connectivity index (χ0n) is 10.3. The summed E-state index contributed by atoms with van der Waals surface area (Å²) in [4.78, 5) is 13.2. The highest BCUT2D eigenvalue weighted by Crippen LogP contribution is 2.20. The number of halogens is 2. The summed E-state index contributed by atoms with van der Waals surface area (Å²) in [5.74, 6) is -2.36. The second kappa shape index (κ2) is 4.88. The van der Waals surface area contributed by atoms with E-state index in [1.807, 2.05) is 0 Å². The van der Waals surface area contributed by atoms with Crippen molar-refractivity contribution in [3.8, 4) is 0 Å². The van der Waals surface area contributed by atoms with Crippen LogP contribution in [0.25, 0.3) is 0 Å². The number of benzene rings is 1. The molecule has 1 heterocycles. The molecule has 1 aromatic rings. The van der Waals surface area contributed by atoms with E-state index in [-0.39, 0.29) is 17.1 Å². The highest BCUT2D eigenvalue weighted by molar-refractivity contribution is 7.91. The van der Waals surface area contributed by atoms with Crippen molar-refractivity contribution in [1.29, 1.82) is 0 Å². The molecule has 1 amide bonds. The van der Waals surface area contributed by atoms with Gasteiger partial charge in [-0.2, -0.15) is 0 Å². The molecule has 19 heavy (non-hydrogen) atoms. The molecule has 1 atom stereocenters. The number of amides is 1. The van der Waals surface area contributed by atoms with Crippen molar-refractivity contribution in [3.05, 3.63) is 35.4 Å². The van der Waals surface area contributed by atoms with Crippen molar-refractivity contribution in [2.24, 2.45) is 0 Å². The van der Waals surface area contributed by atoms with E-state index in [0.29, 0.717) is 6.42 Å². The summed E-state index contributed by atoms with van der Waals surface area (Å²) in [6, 6.07) is 2.13. The summed E-state index contributed by atoms with van der Waals surface area (Å²) < 4.78 is 49.2. The predicted molar refractivity (Wildman–Crippen MR) is 65.5 cm³/mol. The first-order chi connectivity index (χ1) is 8.80. The SMILES string of the molecule is CN(C(=O)c1cc(F)ccc1F)C1CCS(=O)(=O)C1. The molecular formula is C12H13F2NO3S. The molecule has 0 spiro atoms. The van der Waals surface area contributed by atoms with Crippen LogP contribution in [0.1, 0.15) is 16.8 Å². The van der Waals surface area contributed by atoms with E-state index in [1.54, 1.807) is 0 Å². The highest BCUT2D eigenvalue weighted by Gasteiger charge is 2.33. The van der Waals surface area contributed by atoms with Gasteiger partial charge in [-0.1, -0.05) is 0 Å². The number of rotatable bonds is 2. The topological polar surface area (TPSA) is 54.5 Å². The molecule has 1 unspecified atom stereocenters. The molecule has 0 aromatic heterocycles. The van der Waals surface area contributed by atoms with E-state index in [4.69, 9.17) is 0 Å². The van der Waals surface area contributed by atoms with Gasteiger partial charge in [0.25, 0.3) is 5.91 Å². The molecule has 0 N–H and O–H groups in total. The van der Waals surface area contributed by atoms with Crippen LogP contribution in [-0.2, 0) is 9.84 Å². The molecule has 0 radical (unpaired) electrons. The van der Waals surface area contributed by atoms with Gasteiger partial charge in [0, 0.05) is 13.1 Å². The first kappa shape index (κ1) is 13.9. The lowest BCUT2D eigenvalue weighted by atomic mass is 10.1. The second-order valence-corrected chi connectivity index (χ2v) is 6.83. The van der Waals surface area contributed by atoms with Crippen molar-refractivity contribution >= 4 is 15.7 Å². The van der Waals surface area contributed by atoms with Gasteiger partial charge in [0.1, 0.15) is 11.6 Å². The van der Waals surface area contributed by atoms with Gasteiger partial charge in [0.05, 0.1) is 17.1 Å². The highest BCUT2D eigenvalue weighted by atomic mass is 32.2. The molecule has 1 fully saturated rings. The molecule has 1 aliphatic rings. The predicted octanol–water partition coefficient (Wildman–Crippen LogP) is 1.22. The summed E-state index contributed by atoms with van der Waals surface area (Å²) in [7, 11) is -1.74. The Hall–Kier alpha value is -1.50. The number of carbonyl (C=O) groups is 1. The average Bonchev–Trinajstić information content (AvgIpc) is 2.71. The van der Waals surface area contributed by atoms with E-state index in [9.17, 15) is 22.0 Å². The molecule has 7 heteroatoms. The Morgan fingerprint density at radius 1 is 1.37 bits per heavy atom. The van der Waals surface area contributed by atoms with Crippen LogP contribution in [-0.4, -0.2) is 43.8 Å². The van der Waals surface area contributed by atoms with Gasteiger partial charge in [0.2, 0.25) is 0 Å². The second-order valence-electron chi connectivity index (χ2n) is 4.60. The van der Waals surface area contributed by atoms with Gasteiger partial charge in [-0.05, 0) is 24.6 Å². The molecule has 2 rings (SSSR count). The number of hydrogen-bond acceptors (Lipinski definition) is 3. The van der Waals surface area contributed by atoms with Crippen LogP contribution >= 0.6 is 0 Å². The van der Waals surface area contributed by atoms with Crippen molar-refractivity contribution in [1.82, 2.24) is 4.90 Å². The first-order valence-electron chi connectivity index (χ1n) is 5.73. The van der Waals surface area contributed by atoms with Crippen LogP contribution < -0.4 is 0 Å². The van der Waals surface area contributed by atoms with Gasteiger partial charge >= 0.3 is 0 Å². The fourth-order valence-electron chi connectivity index (χ4n) is 2.10. The van der Waals surface area contributed by atoms with Gasteiger partial charge in [0.15, 0.2) is 9.84 Å². The third kappa shape index (κ3) is 2.91. The quantitative estimate of drug-likeness (QED) is 0.822. The van der Waals surface area contributed by atoms with Crippen LogP contribution in [0, 0.1) is 11.6 Å². The van der Waals surface area contributed by atoms with E-state index < -0.39 is 33.4 Å². The van der Waals surface area contributed by atoms with Crippen LogP contribution in [0.2, 0.25) is 0 Å². The van der Waals surface area contributed by atoms with Gasteiger partial charge in [-0.25, -0.2) is 17.2 Å². The van der Waals surface area contributed by atoms with Crippen molar-refractivity contribution in [2.45, 2.75) is 12.5 Å². The monoisotopic (exact) mass is 289 g/mol. The Balaban J connectivity index is 2.22. The summed E-state index contributed by atoms with van der Waals surface area (Å²) in [5.41, 5.74) is -0.383. The number of carbonyl (C=O) groups excluding carboxylic acids is 1. The Kier molecular flexibility index (Phi) is 3.58. The standard InChI is InChI=1S/C12H13F2NO3S/c1-15(9-4-5-19(17,18)7-9)12(16)10-6-8(13)2-3-11(10)14/h2-3,6,9H,4-5,7H2,1H3. The lowest BCUT2D eigenvalue weighted by Gasteiger charge is -2.23. The Morgan fingerprint density at radius 2 is 2.05 bits per heavy atom. The number of sulfone groups is 1. The first-order valence-corrected chi connectivity index (χ1v) is 7.55. The van der Waals surface area contributed by atoms with E-state index in [2.05, 4.69) is 0 Å². The molecule has 104 valence electrons. The average molecular weight is 289 g/mol. The van der Waals surface area contributed by atoms with Crippen molar-refractivity contribution in [3.63, 3.8) is 0 Å². The summed E-state index contributed by atoms with van der Waals surface area (Å²) in [6.07, 6.45) is 0.321. The lowest BCUT2D eigenvalue weighted by molar-refractivity contribution is 0.0742. The Morgan fingerprint density at radius 3 is 2.63 bits per heavy atom. The van der Waals surface area contributed by atoms with Gasteiger partial charge in [-0.15, -0.1) is 0 Å². The third-order valence-corrected chi connectivity index (χ3v) is 4.99. The zero-order valence-corrected chi connectivity index (χ0v) is 11.1. The molecule has 4 nitrogen and oxygen atoms in total. The van der Waals surface area contributed by atoms with Crippen LogP contribution in [0.3, 0.4) is 0 Å². The molecule has 1 aromatic carbocycles. The van der Waals surface area contributed by atoms with Crippen LogP contribution in [0.4, 0.5) is 8.78 Å². The zero-order chi connectivity index (χ0) is 14.2. The molecule has 1 aliphatic heterocycles. The molecule has 1 saturated heterocycles. The Labute approximate surface area is 109 Å². The van der Waals surface area contributed by atoms with E-state index >= 15 is 0 Å². The fraction of sp³-hybridized carbons (Fsp3) is 0.417. The maximum Gasteiger partial charge on any atom is 0.256 e. The Bertz CT molecular complexity index is 615. The minimum Gasteiger partial charge on any atom is -0.338 e. The normalized spacial score (nSPS) is 21.3. The van der Waals surface area contributed by atoms with E-state index in [0.717, 1.165) is 18.2 Å². The fourth-order valence-corrected chi connectivity index (χ4v) is 3.87. The third-order valence-electron chi connectivity index (χ3n) is 3.24. The largest absolute Gasteiger partial charge is 0.338 e. The maximum absolute atomic E-state index is 13.5. The maximum atomic E-state index is 13.5. The van der Waals surface area contributed by atoms with Gasteiger partial charge in [-0.3, -0.25) is 4.79 Å². The minimum atomic E-state index is -3.14. The molecule has 0 bridgehead atoms. The van der Waals surface area contributed by atoms with Crippen LogP contribution in [0.5, 0.6) is 0 Å². The number of nitrogens with zero attached hydrogens (tertiary/aromatic N) is 1.